The number of carboxylic acid groups (broad SMARTS) is 1. The molecule has 2 aromatic rings. The molecule has 122 valence electrons. The first-order valence-corrected chi connectivity index (χ1v) is 7.49. The molecule has 0 fully saturated rings. The van der Waals surface area contributed by atoms with Gasteiger partial charge in [-0.2, -0.15) is 0 Å². The first-order valence-electron chi connectivity index (χ1n) is 7.49. The maximum absolute atomic E-state index is 11.5. The summed E-state index contributed by atoms with van der Waals surface area (Å²) in [6, 6.07) is 7.15. The molecule has 0 saturated carbocycles. The minimum Gasteiger partial charge on any atom is -0.494 e. The minimum absolute atomic E-state index is 0.0553. The zero-order chi connectivity index (χ0) is 17.0. The van der Waals surface area contributed by atoms with Gasteiger partial charge < -0.3 is 15.6 Å². The number of aromatic carboxylic acids is 1. The van der Waals surface area contributed by atoms with Crippen molar-refractivity contribution in [2.75, 3.05) is 12.3 Å². The Morgan fingerprint density at radius 2 is 1.91 bits per heavy atom. The highest BCUT2D eigenvalue weighted by Crippen LogP contribution is 2.26. The summed E-state index contributed by atoms with van der Waals surface area (Å²) in [4.78, 5) is 19.5. The molecule has 1 heterocycles. The Hall–Kier alpha value is -2.63. The molecule has 0 aliphatic heterocycles. The molecule has 0 spiro atoms. The zero-order valence-electron chi connectivity index (χ0n) is 13.5. The van der Waals surface area contributed by atoms with Crippen molar-refractivity contribution in [2.45, 2.75) is 27.2 Å². The highest BCUT2D eigenvalue weighted by molar-refractivity contribution is 5.96. The number of carbonyl (C=O) groups is 1. The Labute approximate surface area is 135 Å². The predicted molar refractivity (Wildman–Crippen MR) is 88.5 cm³/mol. The van der Waals surface area contributed by atoms with Gasteiger partial charge in [-0.1, -0.05) is 13.8 Å². The number of rotatable bonds is 6. The number of aromatic nitrogens is 2. The van der Waals surface area contributed by atoms with Crippen molar-refractivity contribution < 1.29 is 14.6 Å². The van der Waals surface area contributed by atoms with Gasteiger partial charge in [-0.05, 0) is 43.5 Å². The van der Waals surface area contributed by atoms with Crippen LogP contribution in [-0.4, -0.2) is 27.7 Å². The molecule has 0 unspecified atom stereocenters. The number of ether oxygens (including phenoxy) is 1. The van der Waals surface area contributed by atoms with Gasteiger partial charge >= 0.3 is 5.97 Å². The summed E-state index contributed by atoms with van der Waals surface area (Å²) in [6.45, 7) is 6.54. The quantitative estimate of drug-likeness (QED) is 0.849. The lowest BCUT2D eigenvalue weighted by molar-refractivity contribution is 0.0696. The van der Waals surface area contributed by atoms with Crippen LogP contribution in [0.25, 0.3) is 11.3 Å². The number of carboxylic acids is 1. The molecular weight excluding hydrogens is 294 g/mol. The van der Waals surface area contributed by atoms with Crippen LogP contribution in [0.3, 0.4) is 0 Å². The lowest BCUT2D eigenvalue weighted by Gasteiger charge is -2.11. The maximum atomic E-state index is 11.5. The van der Waals surface area contributed by atoms with E-state index in [0.717, 1.165) is 12.2 Å². The van der Waals surface area contributed by atoms with Crippen LogP contribution in [0, 0.1) is 12.8 Å². The SMILES string of the molecule is Cc1nc(N)nc(-c2ccc(OCCC(C)C)cc2)c1C(=O)O. The van der Waals surface area contributed by atoms with Gasteiger partial charge in [0.2, 0.25) is 5.95 Å². The van der Waals surface area contributed by atoms with Crippen molar-refractivity contribution in [3.05, 3.63) is 35.5 Å². The average Bonchev–Trinajstić information content (AvgIpc) is 2.46. The second-order valence-corrected chi connectivity index (χ2v) is 5.75. The van der Waals surface area contributed by atoms with Gasteiger partial charge in [0.25, 0.3) is 0 Å². The molecule has 6 nitrogen and oxygen atoms in total. The third kappa shape index (κ3) is 4.18. The fourth-order valence-corrected chi connectivity index (χ4v) is 2.18. The molecule has 0 saturated heterocycles. The first kappa shape index (κ1) is 16.7. The lowest BCUT2D eigenvalue weighted by Crippen LogP contribution is -2.09. The monoisotopic (exact) mass is 315 g/mol. The molecular formula is C17H21N3O3. The first-order chi connectivity index (χ1) is 10.9. The third-order valence-corrected chi connectivity index (χ3v) is 3.41. The van der Waals surface area contributed by atoms with Gasteiger partial charge in [0.15, 0.2) is 0 Å². The lowest BCUT2D eigenvalue weighted by atomic mass is 10.0. The molecule has 3 N–H and O–H groups in total. The molecule has 0 amide bonds. The van der Waals surface area contributed by atoms with Crippen molar-refractivity contribution in [3.8, 4) is 17.0 Å². The Kier molecular flexibility index (Phi) is 5.16. The Morgan fingerprint density at radius 1 is 1.26 bits per heavy atom. The number of nitrogens with two attached hydrogens (primary N) is 1. The molecule has 0 atom stereocenters. The van der Waals surface area contributed by atoms with Gasteiger partial charge in [-0.25, -0.2) is 14.8 Å². The predicted octanol–water partition coefficient (Wildman–Crippen LogP) is 3.16. The fourth-order valence-electron chi connectivity index (χ4n) is 2.18. The number of anilines is 1. The molecule has 0 radical (unpaired) electrons. The normalized spacial score (nSPS) is 10.8. The van der Waals surface area contributed by atoms with Crippen molar-refractivity contribution in [1.82, 2.24) is 9.97 Å². The summed E-state index contributed by atoms with van der Waals surface area (Å²) in [6.07, 6.45) is 0.979. The van der Waals surface area contributed by atoms with Crippen molar-refractivity contribution in [2.24, 2.45) is 5.92 Å². The Morgan fingerprint density at radius 3 is 2.48 bits per heavy atom. The molecule has 0 aliphatic carbocycles. The minimum atomic E-state index is -1.07. The summed E-state index contributed by atoms with van der Waals surface area (Å²) in [5, 5.41) is 9.38. The van der Waals surface area contributed by atoms with Gasteiger partial charge in [0.1, 0.15) is 11.3 Å². The van der Waals surface area contributed by atoms with Gasteiger partial charge in [0.05, 0.1) is 18.0 Å². The molecule has 1 aromatic heterocycles. The summed E-state index contributed by atoms with van der Waals surface area (Å²) in [5.41, 5.74) is 7.04. The van der Waals surface area contributed by atoms with Gasteiger partial charge in [0, 0.05) is 5.56 Å². The van der Waals surface area contributed by atoms with Gasteiger partial charge in [-0.15, -0.1) is 0 Å². The summed E-state index contributed by atoms with van der Waals surface area (Å²) < 4.78 is 5.66. The second kappa shape index (κ2) is 7.09. The highest BCUT2D eigenvalue weighted by Gasteiger charge is 2.18. The maximum Gasteiger partial charge on any atom is 0.339 e. The number of nitrogens with zero attached hydrogens (tertiary/aromatic N) is 2. The standard InChI is InChI=1S/C17H21N3O3/c1-10(2)8-9-23-13-6-4-12(5-7-13)15-14(16(21)22)11(3)19-17(18)20-15/h4-7,10H,8-9H2,1-3H3,(H,21,22)(H2,18,19,20). The van der Waals surface area contributed by atoms with Crippen LogP contribution < -0.4 is 10.5 Å². The van der Waals surface area contributed by atoms with Gasteiger partial charge in [-0.3, -0.25) is 0 Å². The van der Waals surface area contributed by atoms with E-state index >= 15 is 0 Å². The van der Waals surface area contributed by atoms with Crippen LogP contribution in [0.4, 0.5) is 5.95 Å². The van der Waals surface area contributed by atoms with E-state index in [2.05, 4.69) is 23.8 Å². The summed E-state index contributed by atoms with van der Waals surface area (Å²) in [5.74, 6) is 0.305. The van der Waals surface area contributed by atoms with E-state index in [0.29, 0.717) is 29.5 Å². The van der Waals surface area contributed by atoms with Crippen molar-refractivity contribution >= 4 is 11.9 Å². The van der Waals surface area contributed by atoms with Crippen LogP contribution in [-0.2, 0) is 0 Å². The van der Waals surface area contributed by atoms with E-state index in [1.807, 2.05) is 0 Å². The van der Waals surface area contributed by atoms with E-state index in [-0.39, 0.29) is 11.5 Å². The molecule has 0 bridgehead atoms. The Balaban J connectivity index is 2.27. The molecule has 23 heavy (non-hydrogen) atoms. The van der Waals surface area contributed by atoms with Crippen LogP contribution >= 0.6 is 0 Å². The van der Waals surface area contributed by atoms with Crippen molar-refractivity contribution in [3.63, 3.8) is 0 Å². The summed E-state index contributed by atoms with van der Waals surface area (Å²) >= 11 is 0. The molecule has 0 aliphatic rings. The number of hydrogen-bond donors (Lipinski definition) is 2. The van der Waals surface area contributed by atoms with Crippen LogP contribution in [0.2, 0.25) is 0 Å². The van der Waals surface area contributed by atoms with E-state index < -0.39 is 5.97 Å². The second-order valence-electron chi connectivity index (χ2n) is 5.75. The Bertz CT molecular complexity index is 697. The number of hydrogen-bond acceptors (Lipinski definition) is 5. The number of nitrogen functional groups attached to an aromatic ring is 1. The summed E-state index contributed by atoms with van der Waals surface area (Å²) in [7, 11) is 0. The van der Waals surface area contributed by atoms with E-state index in [9.17, 15) is 9.90 Å². The number of benzene rings is 1. The smallest absolute Gasteiger partial charge is 0.339 e. The van der Waals surface area contributed by atoms with Crippen LogP contribution in [0.5, 0.6) is 5.75 Å². The van der Waals surface area contributed by atoms with E-state index in [4.69, 9.17) is 10.5 Å². The van der Waals surface area contributed by atoms with Crippen molar-refractivity contribution in [1.29, 1.82) is 0 Å². The topological polar surface area (TPSA) is 98.3 Å². The molecule has 6 heteroatoms. The van der Waals surface area contributed by atoms with E-state index in [1.54, 1.807) is 31.2 Å². The zero-order valence-corrected chi connectivity index (χ0v) is 13.5. The number of aryl methyl sites for hydroxylation is 1. The molecule has 1 aromatic carbocycles. The largest absolute Gasteiger partial charge is 0.494 e. The van der Waals surface area contributed by atoms with Crippen LogP contribution in [0.1, 0.15) is 36.3 Å². The van der Waals surface area contributed by atoms with Crippen LogP contribution in [0.15, 0.2) is 24.3 Å². The third-order valence-electron chi connectivity index (χ3n) is 3.41. The molecule has 2 rings (SSSR count). The van der Waals surface area contributed by atoms with E-state index in [1.165, 1.54) is 0 Å². The highest BCUT2D eigenvalue weighted by atomic mass is 16.5. The fraction of sp³-hybridized carbons (Fsp3) is 0.353. The average molecular weight is 315 g/mol.